The lowest BCUT2D eigenvalue weighted by molar-refractivity contribution is -0.122. The number of halogens is 2. The van der Waals surface area contributed by atoms with Crippen LogP contribution in [0.3, 0.4) is 0 Å². The minimum absolute atomic E-state index is 0.0530. The lowest BCUT2D eigenvalue weighted by Crippen LogP contribution is -2.37. The molecule has 0 bridgehead atoms. The number of carbonyl (C=O) groups excluding carboxylic acids is 2. The largest absolute Gasteiger partial charge is 0.378 e. The number of carbonyl (C=O) groups is 2. The number of nitrogens with zero attached hydrogens (tertiary/aromatic N) is 2. The van der Waals surface area contributed by atoms with Crippen LogP contribution in [0.4, 0.5) is 17.1 Å². The zero-order chi connectivity index (χ0) is 20.4. The molecule has 2 saturated heterocycles. The van der Waals surface area contributed by atoms with Crippen molar-refractivity contribution in [2.45, 2.75) is 6.42 Å². The molecule has 4 rings (SSSR count). The molecule has 0 spiro atoms. The first-order valence-electron chi connectivity index (χ1n) is 9.50. The van der Waals surface area contributed by atoms with Crippen LogP contribution in [-0.4, -0.2) is 44.7 Å². The quantitative estimate of drug-likeness (QED) is 0.723. The lowest BCUT2D eigenvalue weighted by atomic mass is 10.1. The third-order valence-corrected chi connectivity index (χ3v) is 5.91. The van der Waals surface area contributed by atoms with Crippen molar-refractivity contribution >= 4 is 56.4 Å². The van der Waals surface area contributed by atoms with Gasteiger partial charge in [-0.2, -0.15) is 0 Å². The van der Waals surface area contributed by atoms with E-state index in [1.54, 1.807) is 11.0 Å². The number of morpholine rings is 1. The van der Waals surface area contributed by atoms with Gasteiger partial charge in [0, 0.05) is 41.2 Å². The molecule has 2 heterocycles. The molecule has 2 fully saturated rings. The van der Waals surface area contributed by atoms with E-state index in [9.17, 15) is 9.59 Å². The first kappa shape index (κ1) is 20.2. The molecule has 8 heteroatoms. The third-order valence-electron chi connectivity index (χ3n) is 5.18. The molecule has 0 aliphatic carbocycles. The fourth-order valence-corrected chi connectivity index (χ4v) is 4.26. The molecular formula is C21H21BrClN3O3. The molecule has 2 aromatic rings. The molecule has 0 aromatic heterocycles. The van der Waals surface area contributed by atoms with Crippen molar-refractivity contribution in [1.82, 2.24) is 0 Å². The average molecular weight is 479 g/mol. The summed E-state index contributed by atoms with van der Waals surface area (Å²) in [7, 11) is 0. The van der Waals surface area contributed by atoms with E-state index in [0.29, 0.717) is 30.5 Å². The van der Waals surface area contributed by atoms with E-state index < -0.39 is 5.92 Å². The Morgan fingerprint density at radius 1 is 1.17 bits per heavy atom. The number of ether oxygens (including phenoxy) is 1. The van der Waals surface area contributed by atoms with Gasteiger partial charge >= 0.3 is 0 Å². The van der Waals surface area contributed by atoms with Crippen LogP contribution in [-0.2, 0) is 14.3 Å². The van der Waals surface area contributed by atoms with E-state index in [-0.39, 0.29) is 18.2 Å². The SMILES string of the molecule is O=C(Nc1cc(Cl)ccc1N1CCOCC1)C1CC(=O)N(c2cccc(Br)c2)C1. The fraction of sp³-hybridized carbons (Fsp3) is 0.333. The third kappa shape index (κ3) is 4.57. The summed E-state index contributed by atoms with van der Waals surface area (Å²) in [6.07, 6.45) is 0.186. The van der Waals surface area contributed by atoms with Crippen molar-refractivity contribution in [2.24, 2.45) is 5.92 Å². The van der Waals surface area contributed by atoms with E-state index in [4.69, 9.17) is 16.3 Å². The van der Waals surface area contributed by atoms with Crippen molar-refractivity contribution < 1.29 is 14.3 Å². The average Bonchev–Trinajstić information content (AvgIpc) is 3.11. The molecule has 2 aliphatic rings. The summed E-state index contributed by atoms with van der Waals surface area (Å²) in [4.78, 5) is 29.3. The van der Waals surface area contributed by atoms with Gasteiger partial charge in [-0.3, -0.25) is 9.59 Å². The standard InChI is InChI=1S/C21H21BrClN3O3/c22-15-2-1-3-17(11-15)26-13-14(10-20(26)27)21(28)24-18-12-16(23)4-5-19(18)25-6-8-29-9-7-25/h1-5,11-12,14H,6-10,13H2,(H,24,28). The Morgan fingerprint density at radius 2 is 1.97 bits per heavy atom. The topological polar surface area (TPSA) is 61.9 Å². The van der Waals surface area contributed by atoms with Gasteiger partial charge in [-0.05, 0) is 36.4 Å². The number of hydrogen-bond donors (Lipinski definition) is 1. The van der Waals surface area contributed by atoms with Crippen molar-refractivity contribution in [2.75, 3.05) is 48.0 Å². The molecule has 0 radical (unpaired) electrons. The van der Waals surface area contributed by atoms with Gasteiger partial charge in [0.15, 0.2) is 0 Å². The summed E-state index contributed by atoms with van der Waals surface area (Å²) in [6, 6.07) is 13.0. The number of rotatable bonds is 4. The smallest absolute Gasteiger partial charge is 0.229 e. The van der Waals surface area contributed by atoms with Crippen LogP contribution in [0.5, 0.6) is 0 Å². The second-order valence-electron chi connectivity index (χ2n) is 7.14. The van der Waals surface area contributed by atoms with Gasteiger partial charge in [0.25, 0.3) is 0 Å². The summed E-state index contributed by atoms with van der Waals surface area (Å²) >= 11 is 9.61. The summed E-state index contributed by atoms with van der Waals surface area (Å²) < 4.78 is 6.31. The van der Waals surface area contributed by atoms with Crippen LogP contribution in [0.2, 0.25) is 5.02 Å². The highest BCUT2D eigenvalue weighted by atomic mass is 79.9. The normalized spacial score (nSPS) is 19.5. The zero-order valence-corrected chi connectivity index (χ0v) is 18.1. The maximum atomic E-state index is 13.0. The predicted octanol–water partition coefficient (Wildman–Crippen LogP) is 3.93. The highest BCUT2D eigenvalue weighted by Gasteiger charge is 2.35. The van der Waals surface area contributed by atoms with E-state index in [2.05, 4.69) is 26.1 Å². The predicted molar refractivity (Wildman–Crippen MR) is 118 cm³/mol. The van der Waals surface area contributed by atoms with Gasteiger partial charge in [-0.1, -0.05) is 33.6 Å². The van der Waals surface area contributed by atoms with Gasteiger partial charge in [-0.25, -0.2) is 0 Å². The lowest BCUT2D eigenvalue weighted by Gasteiger charge is -2.30. The maximum Gasteiger partial charge on any atom is 0.229 e. The van der Waals surface area contributed by atoms with Gasteiger partial charge in [0.1, 0.15) is 0 Å². The first-order valence-corrected chi connectivity index (χ1v) is 10.7. The van der Waals surface area contributed by atoms with Crippen LogP contribution >= 0.6 is 27.5 Å². The number of hydrogen-bond acceptors (Lipinski definition) is 4. The Labute approximate surface area is 182 Å². The molecule has 0 saturated carbocycles. The Kier molecular flexibility index (Phi) is 6.08. The summed E-state index contributed by atoms with van der Waals surface area (Å²) in [5.74, 6) is -0.645. The molecule has 152 valence electrons. The number of nitrogens with one attached hydrogen (secondary N) is 1. The molecule has 1 atom stereocenters. The van der Waals surface area contributed by atoms with Crippen molar-refractivity contribution in [1.29, 1.82) is 0 Å². The molecule has 6 nitrogen and oxygen atoms in total. The second-order valence-corrected chi connectivity index (χ2v) is 8.49. The number of amides is 2. The molecule has 29 heavy (non-hydrogen) atoms. The number of benzene rings is 2. The summed E-state index contributed by atoms with van der Waals surface area (Å²) in [6.45, 7) is 3.16. The number of anilines is 3. The van der Waals surface area contributed by atoms with Crippen molar-refractivity contribution in [3.8, 4) is 0 Å². The van der Waals surface area contributed by atoms with Crippen LogP contribution in [0.1, 0.15) is 6.42 Å². The first-order chi connectivity index (χ1) is 14.0. The summed E-state index contributed by atoms with van der Waals surface area (Å²) in [5, 5.41) is 3.55. The monoisotopic (exact) mass is 477 g/mol. The highest BCUT2D eigenvalue weighted by molar-refractivity contribution is 9.10. The van der Waals surface area contributed by atoms with E-state index in [1.165, 1.54) is 0 Å². The van der Waals surface area contributed by atoms with Gasteiger partial charge in [-0.15, -0.1) is 0 Å². The molecule has 2 aliphatic heterocycles. The van der Waals surface area contributed by atoms with Crippen molar-refractivity contribution in [3.63, 3.8) is 0 Å². The van der Waals surface area contributed by atoms with Gasteiger partial charge < -0.3 is 19.9 Å². The van der Waals surface area contributed by atoms with Gasteiger partial charge in [0.2, 0.25) is 11.8 Å². The van der Waals surface area contributed by atoms with Crippen LogP contribution < -0.4 is 15.1 Å². The molecule has 2 aromatic carbocycles. The second kappa shape index (κ2) is 8.73. The molecule has 1 N–H and O–H groups in total. The van der Waals surface area contributed by atoms with E-state index in [1.807, 2.05) is 36.4 Å². The maximum absolute atomic E-state index is 13.0. The minimum Gasteiger partial charge on any atom is -0.378 e. The molecular weight excluding hydrogens is 458 g/mol. The van der Waals surface area contributed by atoms with Crippen LogP contribution in [0, 0.1) is 5.92 Å². The highest BCUT2D eigenvalue weighted by Crippen LogP contribution is 2.32. The van der Waals surface area contributed by atoms with Crippen molar-refractivity contribution in [3.05, 3.63) is 52.0 Å². The van der Waals surface area contributed by atoms with Crippen LogP contribution in [0.15, 0.2) is 46.9 Å². The Balaban J connectivity index is 1.50. The Hall–Kier alpha value is -2.09. The summed E-state index contributed by atoms with van der Waals surface area (Å²) in [5.41, 5.74) is 2.37. The fourth-order valence-electron chi connectivity index (χ4n) is 3.70. The van der Waals surface area contributed by atoms with E-state index in [0.717, 1.165) is 28.9 Å². The minimum atomic E-state index is -0.419. The Morgan fingerprint density at radius 3 is 2.72 bits per heavy atom. The van der Waals surface area contributed by atoms with E-state index >= 15 is 0 Å². The zero-order valence-electron chi connectivity index (χ0n) is 15.7. The molecule has 1 unspecified atom stereocenters. The molecule has 2 amide bonds. The van der Waals surface area contributed by atoms with Gasteiger partial charge in [0.05, 0.1) is 30.5 Å². The Bertz CT molecular complexity index is 933. The van der Waals surface area contributed by atoms with Crippen LogP contribution in [0.25, 0.3) is 0 Å².